The normalized spacial score (nSPS) is 45.6. The van der Waals surface area contributed by atoms with Gasteiger partial charge in [-0.15, -0.1) is 0 Å². The predicted molar refractivity (Wildman–Crippen MR) is 75.5 cm³/mol. The van der Waals surface area contributed by atoms with E-state index in [1.807, 2.05) is 0 Å². The molecule has 2 spiro atoms. The van der Waals surface area contributed by atoms with E-state index in [-0.39, 0.29) is 17.1 Å². The van der Waals surface area contributed by atoms with Crippen LogP contribution < -0.4 is 14.8 Å². The zero-order valence-corrected chi connectivity index (χ0v) is 12.1. The van der Waals surface area contributed by atoms with Crippen LogP contribution in [0.3, 0.4) is 0 Å². The molecule has 21 heavy (non-hydrogen) atoms. The van der Waals surface area contributed by atoms with Gasteiger partial charge in [0.1, 0.15) is 5.76 Å². The van der Waals surface area contributed by atoms with E-state index in [0.717, 1.165) is 30.1 Å². The van der Waals surface area contributed by atoms with Crippen molar-refractivity contribution >= 4 is 0 Å². The lowest BCUT2D eigenvalue weighted by Crippen LogP contribution is -2.47. The van der Waals surface area contributed by atoms with Gasteiger partial charge in [-0.05, 0) is 36.5 Å². The molecule has 1 aromatic rings. The molecule has 4 nitrogen and oxygen atoms in total. The largest absolute Gasteiger partial charge is 0.497 e. The molecule has 2 fully saturated rings. The summed E-state index contributed by atoms with van der Waals surface area (Å²) >= 11 is 0. The van der Waals surface area contributed by atoms with Gasteiger partial charge in [0.25, 0.3) is 0 Å². The molecule has 3 aliphatic carbocycles. The van der Waals surface area contributed by atoms with Crippen molar-refractivity contribution in [2.24, 2.45) is 5.92 Å². The minimum absolute atomic E-state index is 0.0280. The van der Waals surface area contributed by atoms with Crippen LogP contribution in [0.5, 0.6) is 11.5 Å². The van der Waals surface area contributed by atoms with E-state index in [4.69, 9.17) is 14.2 Å². The maximum absolute atomic E-state index is 6.39. The first-order valence-electron chi connectivity index (χ1n) is 7.66. The van der Waals surface area contributed by atoms with Gasteiger partial charge in [-0.2, -0.15) is 0 Å². The number of piperidine rings is 1. The van der Waals surface area contributed by atoms with Crippen LogP contribution in [0.2, 0.25) is 0 Å². The van der Waals surface area contributed by atoms with E-state index in [0.29, 0.717) is 12.0 Å². The highest BCUT2D eigenvalue weighted by atomic mass is 16.6. The first-order valence-corrected chi connectivity index (χ1v) is 7.66. The summed E-state index contributed by atoms with van der Waals surface area (Å²) in [5.41, 5.74) is 3.16. The highest BCUT2D eigenvalue weighted by molar-refractivity contribution is 5.70. The molecule has 6 rings (SSSR count). The van der Waals surface area contributed by atoms with Gasteiger partial charge in [-0.3, -0.25) is 0 Å². The zero-order chi connectivity index (χ0) is 14.0. The van der Waals surface area contributed by atoms with Crippen molar-refractivity contribution in [2.75, 3.05) is 14.2 Å². The van der Waals surface area contributed by atoms with Crippen molar-refractivity contribution in [3.63, 3.8) is 0 Å². The third-order valence-electron chi connectivity index (χ3n) is 6.55. The topological polar surface area (TPSA) is 49.6 Å². The Morgan fingerprint density at radius 2 is 2.19 bits per heavy atom. The van der Waals surface area contributed by atoms with E-state index in [2.05, 4.69) is 23.5 Å². The summed E-state index contributed by atoms with van der Waals surface area (Å²) in [5, 5.41) is 3.77. The molecule has 1 saturated carbocycles. The molecular formula is C17H17NO3. The number of hydrogen-bond acceptors (Lipinski definition) is 4. The van der Waals surface area contributed by atoms with Gasteiger partial charge in [-0.25, -0.2) is 0 Å². The minimum Gasteiger partial charge on any atom is -0.497 e. The number of fused-ring (bicyclic) bond motifs is 1. The Kier molecular flexibility index (Phi) is 1.53. The summed E-state index contributed by atoms with van der Waals surface area (Å²) in [4.78, 5) is 0. The summed E-state index contributed by atoms with van der Waals surface area (Å²) in [6.45, 7) is 0. The average Bonchev–Trinajstić information content (AvgIpc) is 2.89. The first-order chi connectivity index (χ1) is 10.3. The van der Waals surface area contributed by atoms with Crippen molar-refractivity contribution in [3.05, 3.63) is 35.1 Å². The maximum Gasteiger partial charge on any atom is 0.166 e. The van der Waals surface area contributed by atoms with Gasteiger partial charge in [0.15, 0.2) is 17.6 Å². The second-order valence-corrected chi connectivity index (χ2v) is 6.98. The third-order valence-corrected chi connectivity index (χ3v) is 6.55. The van der Waals surface area contributed by atoms with Gasteiger partial charge in [0.05, 0.1) is 25.2 Å². The highest BCUT2D eigenvalue weighted by Crippen LogP contribution is 2.77. The standard InChI is InChI=1S/C17H17NO3/c1-19-10-5-3-8-12-13(10)21-15-11(20-2)6-4-9-14-17(8,18-14)7-16(9,12)15/h3,5-6,9,14-15,18H,4,7H2,1-2H3/t9?,14?,15-,16?,17?/m0/s1. The van der Waals surface area contributed by atoms with Crippen LogP contribution in [0.15, 0.2) is 24.0 Å². The molecule has 4 unspecified atom stereocenters. The van der Waals surface area contributed by atoms with Crippen LogP contribution in [0.1, 0.15) is 24.0 Å². The molecule has 5 atom stereocenters. The SMILES string of the molecule is COC1=CCC2C3NC34CC23c2c4ccc(OC)c2O[C@@H]13. The van der Waals surface area contributed by atoms with Gasteiger partial charge >= 0.3 is 0 Å². The second-order valence-electron chi connectivity index (χ2n) is 6.98. The van der Waals surface area contributed by atoms with Crippen LogP contribution in [0, 0.1) is 5.92 Å². The molecular weight excluding hydrogens is 266 g/mol. The van der Waals surface area contributed by atoms with E-state index >= 15 is 0 Å². The minimum atomic E-state index is 0.0280. The van der Waals surface area contributed by atoms with Gasteiger partial charge < -0.3 is 19.5 Å². The van der Waals surface area contributed by atoms with Crippen molar-refractivity contribution in [1.29, 1.82) is 0 Å². The maximum atomic E-state index is 6.39. The Labute approximate surface area is 123 Å². The Morgan fingerprint density at radius 1 is 1.29 bits per heavy atom. The summed E-state index contributed by atoms with van der Waals surface area (Å²) in [6.07, 6.45) is 4.49. The van der Waals surface area contributed by atoms with Gasteiger partial charge in [0, 0.05) is 11.6 Å². The first kappa shape index (κ1) is 11.0. The zero-order valence-electron chi connectivity index (χ0n) is 12.1. The second kappa shape index (κ2) is 2.93. The van der Waals surface area contributed by atoms with Crippen molar-refractivity contribution in [2.45, 2.75) is 35.9 Å². The number of allylic oxidation sites excluding steroid dienone is 1. The molecule has 4 heteroatoms. The Balaban J connectivity index is 1.70. The lowest BCUT2D eigenvalue weighted by Gasteiger charge is -2.40. The lowest BCUT2D eigenvalue weighted by molar-refractivity contribution is 0.0671. The average molecular weight is 283 g/mol. The van der Waals surface area contributed by atoms with Crippen LogP contribution in [-0.4, -0.2) is 26.4 Å². The number of methoxy groups -OCH3 is 2. The smallest absolute Gasteiger partial charge is 0.166 e. The fourth-order valence-corrected chi connectivity index (χ4v) is 5.86. The highest BCUT2D eigenvalue weighted by Gasteiger charge is 2.82. The molecule has 108 valence electrons. The lowest BCUT2D eigenvalue weighted by atomic mass is 9.64. The van der Waals surface area contributed by atoms with Gasteiger partial charge in [0.2, 0.25) is 0 Å². The van der Waals surface area contributed by atoms with Crippen LogP contribution in [0.4, 0.5) is 0 Å². The summed E-state index contributed by atoms with van der Waals surface area (Å²) < 4.78 is 17.6. The number of benzene rings is 1. The number of ether oxygens (including phenoxy) is 3. The molecule has 0 aromatic heterocycles. The fourth-order valence-electron chi connectivity index (χ4n) is 5.86. The van der Waals surface area contributed by atoms with Crippen LogP contribution >= 0.6 is 0 Å². The Bertz CT molecular complexity index is 742. The molecule has 1 N–H and O–H groups in total. The van der Waals surface area contributed by atoms with E-state index in [1.54, 1.807) is 14.2 Å². The quantitative estimate of drug-likeness (QED) is 0.841. The van der Waals surface area contributed by atoms with Gasteiger partial charge in [-0.1, -0.05) is 6.07 Å². The van der Waals surface area contributed by atoms with Crippen molar-refractivity contribution < 1.29 is 14.2 Å². The fraction of sp³-hybridized carbons (Fsp3) is 0.529. The van der Waals surface area contributed by atoms with Crippen LogP contribution in [-0.2, 0) is 15.7 Å². The molecule has 2 aliphatic heterocycles. The number of nitrogens with one attached hydrogen (secondary N) is 1. The van der Waals surface area contributed by atoms with Crippen molar-refractivity contribution in [3.8, 4) is 11.5 Å². The molecule has 2 bridgehead atoms. The van der Waals surface area contributed by atoms with Crippen molar-refractivity contribution in [1.82, 2.24) is 5.32 Å². The summed E-state index contributed by atoms with van der Waals surface area (Å²) in [6, 6.07) is 4.91. The monoisotopic (exact) mass is 283 g/mol. The molecule has 1 saturated heterocycles. The molecule has 5 aliphatic rings. The summed E-state index contributed by atoms with van der Waals surface area (Å²) in [7, 11) is 3.47. The number of rotatable bonds is 2. The molecule has 0 radical (unpaired) electrons. The Hall–Kier alpha value is -1.68. The predicted octanol–water partition coefficient (Wildman–Crippen LogP) is 1.83. The number of hydrogen-bond donors (Lipinski definition) is 1. The Morgan fingerprint density at radius 3 is 3.00 bits per heavy atom. The molecule has 1 aromatic carbocycles. The van der Waals surface area contributed by atoms with E-state index in [9.17, 15) is 0 Å². The van der Waals surface area contributed by atoms with E-state index in [1.165, 1.54) is 11.1 Å². The summed E-state index contributed by atoms with van der Waals surface area (Å²) in [5.74, 6) is 3.43. The third kappa shape index (κ3) is 0.860. The van der Waals surface area contributed by atoms with Crippen LogP contribution in [0.25, 0.3) is 0 Å². The molecule has 0 amide bonds. The van der Waals surface area contributed by atoms with E-state index < -0.39 is 0 Å². The molecule has 2 heterocycles.